The van der Waals surface area contributed by atoms with Crippen molar-refractivity contribution >= 4 is 22.8 Å². The second kappa shape index (κ2) is 7.17. The molecule has 0 radical (unpaired) electrons. The Labute approximate surface area is 197 Å². The van der Waals surface area contributed by atoms with E-state index in [2.05, 4.69) is 9.97 Å². The van der Waals surface area contributed by atoms with Gasteiger partial charge >= 0.3 is 6.18 Å². The Balaban J connectivity index is 1.39. The molecule has 1 spiro atoms. The molecule has 4 heterocycles. The SMILES string of the molecule is C[C@H]1OCc2c1c(N)nc1cc(C(=O)N(C)[C@H]3COC4(CC4)c4cc(C(F)(F)F)cc(F)c43)[nH]c21. The van der Waals surface area contributed by atoms with Crippen LogP contribution in [0.5, 0.6) is 0 Å². The summed E-state index contributed by atoms with van der Waals surface area (Å²) in [5, 5.41) is 0. The van der Waals surface area contributed by atoms with Gasteiger partial charge in [0.2, 0.25) is 0 Å². The highest BCUT2D eigenvalue weighted by molar-refractivity contribution is 5.98. The topological polar surface area (TPSA) is 93.5 Å². The minimum Gasteiger partial charge on any atom is -0.383 e. The quantitative estimate of drug-likeness (QED) is 0.507. The fraction of sp³-hybridized carbons (Fsp3) is 0.417. The molecule has 0 saturated heterocycles. The van der Waals surface area contributed by atoms with Crippen LogP contribution < -0.4 is 5.73 Å². The van der Waals surface area contributed by atoms with Crippen LogP contribution >= 0.6 is 0 Å². The number of pyridine rings is 1. The summed E-state index contributed by atoms with van der Waals surface area (Å²) in [6.07, 6.45) is -3.90. The maximum Gasteiger partial charge on any atom is 0.416 e. The number of likely N-dealkylation sites (N-methyl/N-ethyl adjacent to an activating group) is 1. The number of nitrogens with zero attached hydrogens (tertiary/aromatic N) is 2. The van der Waals surface area contributed by atoms with Gasteiger partial charge in [0.1, 0.15) is 17.3 Å². The van der Waals surface area contributed by atoms with Gasteiger partial charge in [-0.1, -0.05) is 0 Å². The van der Waals surface area contributed by atoms with Crippen molar-refractivity contribution in [1.29, 1.82) is 0 Å². The summed E-state index contributed by atoms with van der Waals surface area (Å²) in [7, 11) is 1.48. The number of carbonyl (C=O) groups is 1. The van der Waals surface area contributed by atoms with Gasteiger partial charge in [0.25, 0.3) is 5.91 Å². The number of anilines is 1. The van der Waals surface area contributed by atoms with Gasteiger partial charge in [0.05, 0.1) is 47.6 Å². The van der Waals surface area contributed by atoms with Crippen LogP contribution in [-0.2, 0) is 27.9 Å². The van der Waals surface area contributed by atoms with Crippen molar-refractivity contribution < 1.29 is 31.8 Å². The molecule has 1 amide bonds. The van der Waals surface area contributed by atoms with E-state index in [-0.39, 0.29) is 29.5 Å². The molecule has 2 aliphatic heterocycles. The Morgan fingerprint density at radius 3 is 2.69 bits per heavy atom. The maximum atomic E-state index is 15.2. The van der Waals surface area contributed by atoms with Gasteiger partial charge in [-0.15, -0.1) is 0 Å². The number of alkyl halides is 3. The lowest BCUT2D eigenvalue weighted by molar-refractivity contribution is -0.138. The zero-order valence-corrected chi connectivity index (χ0v) is 18.9. The van der Waals surface area contributed by atoms with Crippen LogP contribution in [0.2, 0.25) is 0 Å². The summed E-state index contributed by atoms with van der Waals surface area (Å²) in [6, 6.07) is 2.11. The zero-order chi connectivity index (χ0) is 24.9. The Bertz CT molecular complexity index is 1400. The molecule has 1 fully saturated rings. The number of carbonyl (C=O) groups excluding carboxylic acids is 1. The number of nitrogens with one attached hydrogen (secondary N) is 1. The summed E-state index contributed by atoms with van der Waals surface area (Å²) in [4.78, 5) is 22.2. The van der Waals surface area contributed by atoms with E-state index in [9.17, 15) is 18.0 Å². The van der Waals surface area contributed by atoms with Gasteiger partial charge in [0.15, 0.2) is 0 Å². The van der Waals surface area contributed by atoms with Gasteiger partial charge < -0.3 is 25.1 Å². The number of aromatic nitrogens is 2. The molecular formula is C24H22F4N4O3. The molecule has 3 aliphatic rings. The number of amides is 1. The van der Waals surface area contributed by atoms with Gasteiger partial charge in [-0.25, -0.2) is 9.37 Å². The monoisotopic (exact) mass is 490 g/mol. The molecule has 1 aromatic carbocycles. The number of hydrogen-bond acceptors (Lipinski definition) is 5. The number of nitrogens with two attached hydrogens (primary N) is 1. The van der Waals surface area contributed by atoms with Crippen molar-refractivity contribution in [2.45, 2.75) is 50.3 Å². The molecule has 184 valence electrons. The summed E-state index contributed by atoms with van der Waals surface area (Å²) >= 11 is 0. The third kappa shape index (κ3) is 3.24. The zero-order valence-electron chi connectivity index (χ0n) is 18.9. The summed E-state index contributed by atoms with van der Waals surface area (Å²) in [5.74, 6) is -1.15. The fourth-order valence-corrected chi connectivity index (χ4v) is 5.31. The Morgan fingerprint density at radius 2 is 2.00 bits per heavy atom. The molecular weight excluding hydrogens is 468 g/mol. The number of H-pyrrole nitrogens is 1. The standard InChI is InChI=1S/C24H22F4N4O3/c1-10-18-12(8-34-10)20-15(31-21(18)29)7-16(30-20)22(33)32(2)17-9-35-23(3-4-23)13-5-11(24(26,27)28)6-14(25)19(13)17/h5-7,10,17,30H,3-4,8-9H2,1-2H3,(H2,29,31)/t10-,17+/m1/s1. The number of fused-ring (bicyclic) bond motifs is 5. The number of hydrogen-bond donors (Lipinski definition) is 2. The smallest absolute Gasteiger partial charge is 0.383 e. The van der Waals surface area contributed by atoms with Crippen LogP contribution in [0.25, 0.3) is 11.0 Å². The molecule has 2 aromatic heterocycles. The maximum absolute atomic E-state index is 15.2. The first-order valence-corrected chi connectivity index (χ1v) is 11.2. The molecule has 6 rings (SSSR count). The summed E-state index contributed by atoms with van der Waals surface area (Å²) in [5.41, 5.74) is 7.27. The molecule has 3 N–H and O–H groups in total. The first kappa shape index (κ1) is 22.3. The van der Waals surface area contributed by atoms with Crippen LogP contribution in [0.3, 0.4) is 0 Å². The number of rotatable bonds is 2. The highest BCUT2D eigenvalue weighted by Crippen LogP contribution is 2.56. The summed E-state index contributed by atoms with van der Waals surface area (Å²) < 4.78 is 66.8. The molecule has 11 heteroatoms. The Morgan fingerprint density at radius 1 is 1.26 bits per heavy atom. The second-order valence-corrected chi connectivity index (χ2v) is 9.44. The van der Waals surface area contributed by atoms with E-state index in [1.807, 2.05) is 6.92 Å². The number of aromatic amines is 1. The van der Waals surface area contributed by atoms with E-state index in [0.29, 0.717) is 42.4 Å². The Kier molecular flexibility index (Phi) is 4.57. The predicted octanol–water partition coefficient (Wildman–Crippen LogP) is 4.73. The van der Waals surface area contributed by atoms with E-state index in [4.69, 9.17) is 15.2 Å². The molecule has 3 aromatic rings. The Hall–Kier alpha value is -3.18. The van der Waals surface area contributed by atoms with Crippen molar-refractivity contribution in [2.24, 2.45) is 0 Å². The van der Waals surface area contributed by atoms with Crippen molar-refractivity contribution in [3.63, 3.8) is 0 Å². The first-order valence-electron chi connectivity index (χ1n) is 11.2. The third-order valence-electron chi connectivity index (χ3n) is 7.35. The van der Waals surface area contributed by atoms with Crippen molar-refractivity contribution in [3.05, 3.63) is 57.5 Å². The highest BCUT2D eigenvalue weighted by Gasteiger charge is 2.53. The molecule has 0 unspecified atom stereocenters. The lowest BCUT2D eigenvalue weighted by Gasteiger charge is -2.37. The second-order valence-electron chi connectivity index (χ2n) is 9.44. The van der Waals surface area contributed by atoms with Gasteiger partial charge in [-0.2, -0.15) is 13.2 Å². The van der Waals surface area contributed by atoms with Crippen molar-refractivity contribution in [1.82, 2.24) is 14.9 Å². The number of benzene rings is 1. The highest BCUT2D eigenvalue weighted by atomic mass is 19.4. The van der Waals surface area contributed by atoms with Gasteiger partial charge in [-0.3, -0.25) is 4.79 Å². The van der Waals surface area contributed by atoms with Crippen LogP contribution in [0.1, 0.15) is 70.2 Å². The van der Waals surface area contributed by atoms with E-state index in [1.54, 1.807) is 6.07 Å². The van der Waals surface area contributed by atoms with Crippen LogP contribution in [-0.4, -0.2) is 34.4 Å². The van der Waals surface area contributed by atoms with Crippen LogP contribution in [0, 0.1) is 5.82 Å². The van der Waals surface area contributed by atoms with E-state index in [0.717, 1.165) is 17.2 Å². The number of nitrogen functional groups attached to an aromatic ring is 1. The summed E-state index contributed by atoms with van der Waals surface area (Å²) in [6.45, 7) is 2.16. The lowest BCUT2D eigenvalue weighted by atomic mass is 9.89. The normalized spacial score (nSPS) is 22.3. The molecule has 35 heavy (non-hydrogen) atoms. The van der Waals surface area contributed by atoms with Crippen molar-refractivity contribution in [2.75, 3.05) is 19.4 Å². The minimum atomic E-state index is -4.69. The first-order chi connectivity index (χ1) is 16.5. The molecule has 2 atom stereocenters. The number of ether oxygens (including phenoxy) is 2. The third-order valence-corrected chi connectivity index (χ3v) is 7.35. The van der Waals surface area contributed by atoms with Gasteiger partial charge in [0, 0.05) is 23.7 Å². The average molecular weight is 490 g/mol. The molecule has 1 aliphatic carbocycles. The van der Waals surface area contributed by atoms with Gasteiger partial charge in [-0.05, 0) is 43.5 Å². The fourth-order valence-electron chi connectivity index (χ4n) is 5.31. The van der Waals surface area contributed by atoms with Crippen LogP contribution in [0.15, 0.2) is 18.2 Å². The van der Waals surface area contributed by atoms with Crippen LogP contribution in [0.4, 0.5) is 23.4 Å². The molecule has 0 bridgehead atoms. The molecule has 7 nitrogen and oxygen atoms in total. The minimum absolute atomic E-state index is 0.0241. The van der Waals surface area contributed by atoms with E-state index < -0.39 is 35.1 Å². The van der Waals surface area contributed by atoms with E-state index in [1.165, 1.54) is 11.9 Å². The molecule has 1 saturated carbocycles. The average Bonchev–Trinajstić information content (AvgIpc) is 3.26. The number of halogens is 4. The van der Waals surface area contributed by atoms with E-state index >= 15 is 4.39 Å². The predicted molar refractivity (Wildman–Crippen MR) is 117 cm³/mol. The lowest BCUT2D eigenvalue weighted by Crippen LogP contribution is -2.40. The van der Waals surface area contributed by atoms with Crippen molar-refractivity contribution in [3.8, 4) is 0 Å². The largest absolute Gasteiger partial charge is 0.416 e.